The molecule has 2 aromatic carbocycles. The lowest BCUT2D eigenvalue weighted by Crippen LogP contribution is -2.44. The summed E-state index contributed by atoms with van der Waals surface area (Å²) in [7, 11) is 0. The van der Waals surface area contributed by atoms with Gasteiger partial charge in [-0.05, 0) is 68.9 Å². The summed E-state index contributed by atoms with van der Waals surface area (Å²) in [5, 5.41) is 9.01. The molecule has 0 aromatic heterocycles. The Morgan fingerprint density at radius 1 is 1.24 bits per heavy atom. The molecule has 8 heteroatoms. The van der Waals surface area contributed by atoms with Crippen LogP contribution in [-0.4, -0.2) is 34.9 Å². The lowest BCUT2D eigenvalue weighted by atomic mass is 10.0. The zero-order valence-electron chi connectivity index (χ0n) is 16.3. The van der Waals surface area contributed by atoms with Crippen molar-refractivity contribution in [2.24, 2.45) is 0 Å². The van der Waals surface area contributed by atoms with Gasteiger partial charge in [0.05, 0.1) is 18.9 Å². The van der Waals surface area contributed by atoms with Gasteiger partial charge in [0.1, 0.15) is 23.7 Å². The number of amides is 1. The zero-order valence-corrected chi connectivity index (χ0v) is 17.1. The van der Waals surface area contributed by atoms with Crippen molar-refractivity contribution in [3.63, 3.8) is 0 Å². The molecular weight excluding hydrogens is 393 g/mol. The van der Waals surface area contributed by atoms with Crippen molar-refractivity contribution in [3.05, 3.63) is 59.2 Å². The van der Waals surface area contributed by atoms with E-state index in [2.05, 4.69) is 4.85 Å². The maximum absolute atomic E-state index is 14.9. The highest BCUT2D eigenvalue weighted by atomic mass is 32.1. The Hall–Kier alpha value is -3.02. The molecule has 1 heterocycles. The molecule has 3 rings (SSSR count). The van der Waals surface area contributed by atoms with Crippen molar-refractivity contribution in [2.45, 2.75) is 26.3 Å². The summed E-state index contributed by atoms with van der Waals surface area (Å²) in [5.41, 5.74) is 0.0160. The number of aliphatic hydroxyl groups is 1. The molecule has 0 saturated carbocycles. The molecule has 0 atom stereocenters. The molecule has 0 unspecified atom stereocenters. The molecular formula is C21H20FN3O3S. The fourth-order valence-electron chi connectivity index (χ4n) is 3.25. The first-order chi connectivity index (χ1) is 13.7. The van der Waals surface area contributed by atoms with Crippen LogP contribution in [0.2, 0.25) is 0 Å². The first-order valence-electron chi connectivity index (χ1n) is 8.93. The SMILES string of the molecule is [C-]#[N+]c1ccc(N2C(=O)C(C)(C)N(c3ccc(OCCO)cc3)C2=S)c(F)c1C. The Morgan fingerprint density at radius 2 is 1.90 bits per heavy atom. The largest absolute Gasteiger partial charge is 0.491 e. The number of thiocarbonyl (C=S) groups is 1. The molecule has 1 amide bonds. The van der Waals surface area contributed by atoms with Gasteiger partial charge in [0.15, 0.2) is 10.8 Å². The highest BCUT2D eigenvalue weighted by Crippen LogP contribution is 2.39. The topological polar surface area (TPSA) is 57.4 Å². The smallest absolute Gasteiger partial charge is 0.259 e. The summed E-state index contributed by atoms with van der Waals surface area (Å²) < 4.78 is 20.3. The van der Waals surface area contributed by atoms with Crippen molar-refractivity contribution in [2.75, 3.05) is 23.0 Å². The van der Waals surface area contributed by atoms with Gasteiger partial charge in [-0.15, -0.1) is 0 Å². The van der Waals surface area contributed by atoms with Gasteiger partial charge in [-0.1, -0.05) is 6.07 Å². The minimum absolute atomic E-state index is 0.0309. The molecule has 29 heavy (non-hydrogen) atoms. The summed E-state index contributed by atoms with van der Waals surface area (Å²) in [6.07, 6.45) is 0. The quantitative estimate of drug-likeness (QED) is 0.594. The number of anilines is 2. The highest BCUT2D eigenvalue weighted by Gasteiger charge is 2.50. The fraction of sp³-hybridized carbons (Fsp3) is 0.286. The molecule has 1 fully saturated rings. The van der Waals surface area contributed by atoms with Crippen LogP contribution in [0.3, 0.4) is 0 Å². The lowest BCUT2D eigenvalue weighted by molar-refractivity contribution is -0.120. The van der Waals surface area contributed by atoms with E-state index in [9.17, 15) is 9.18 Å². The van der Waals surface area contributed by atoms with Crippen LogP contribution in [0.5, 0.6) is 5.75 Å². The van der Waals surface area contributed by atoms with E-state index in [0.29, 0.717) is 11.4 Å². The van der Waals surface area contributed by atoms with Crippen molar-refractivity contribution in [3.8, 4) is 5.75 Å². The summed E-state index contributed by atoms with van der Waals surface area (Å²) in [5.74, 6) is -0.429. The average Bonchev–Trinajstić information content (AvgIpc) is 2.87. The van der Waals surface area contributed by atoms with Crippen LogP contribution in [0.15, 0.2) is 36.4 Å². The Bertz CT molecular complexity index is 1020. The molecule has 0 spiro atoms. The minimum Gasteiger partial charge on any atom is -0.491 e. The molecule has 1 saturated heterocycles. The second-order valence-corrected chi connectivity index (χ2v) is 7.40. The number of rotatable bonds is 5. The third kappa shape index (κ3) is 3.43. The van der Waals surface area contributed by atoms with Gasteiger partial charge in [-0.25, -0.2) is 9.24 Å². The van der Waals surface area contributed by atoms with Crippen LogP contribution in [0.4, 0.5) is 21.5 Å². The maximum atomic E-state index is 14.9. The second-order valence-electron chi connectivity index (χ2n) is 7.04. The summed E-state index contributed by atoms with van der Waals surface area (Å²) >= 11 is 5.56. The van der Waals surface area contributed by atoms with Crippen molar-refractivity contribution >= 4 is 40.3 Å². The van der Waals surface area contributed by atoms with Crippen LogP contribution in [-0.2, 0) is 4.79 Å². The highest BCUT2D eigenvalue weighted by molar-refractivity contribution is 7.81. The molecule has 2 aromatic rings. The van der Waals surface area contributed by atoms with E-state index < -0.39 is 11.4 Å². The maximum Gasteiger partial charge on any atom is 0.259 e. The van der Waals surface area contributed by atoms with E-state index in [-0.39, 0.29) is 41.2 Å². The van der Waals surface area contributed by atoms with E-state index >= 15 is 0 Å². The number of hydrogen-bond donors (Lipinski definition) is 1. The van der Waals surface area contributed by atoms with Crippen LogP contribution >= 0.6 is 12.2 Å². The monoisotopic (exact) mass is 413 g/mol. The van der Waals surface area contributed by atoms with E-state index in [4.69, 9.17) is 28.6 Å². The van der Waals surface area contributed by atoms with Gasteiger partial charge in [0.2, 0.25) is 0 Å². The molecule has 1 aliphatic rings. The molecule has 1 N–H and O–H groups in total. The number of carbonyl (C=O) groups is 1. The van der Waals surface area contributed by atoms with Crippen LogP contribution in [0.25, 0.3) is 4.85 Å². The molecule has 6 nitrogen and oxygen atoms in total. The fourth-order valence-corrected chi connectivity index (χ4v) is 3.77. The Labute approximate surface area is 173 Å². The molecule has 1 aliphatic heterocycles. The number of halogens is 1. The first kappa shape index (κ1) is 20.7. The van der Waals surface area contributed by atoms with Crippen molar-refractivity contribution in [1.29, 1.82) is 0 Å². The number of benzene rings is 2. The van der Waals surface area contributed by atoms with Gasteiger partial charge in [0, 0.05) is 5.69 Å². The normalized spacial score (nSPS) is 15.6. The summed E-state index contributed by atoms with van der Waals surface area (Å²) in [6.45, 7) is 12.2. The van der Waals surface area contributed by atoms with E-state index in [1.54, 1.807) is 43.0 Å². The summed E-state index contributed by atoms with van der Waals surface area (Å²) in [6, 6.07) is 9.82. The zero-order chi connectivity index (χ0) is 21.3. The molecule has 0 bridgehead atoms. The number of ether oxygens (including phenoxy) is 1. The number of hydrogen-bond acceptors (Lipinski definition) is 4. The first-order valence-corrected chi connectivity index (χ1v) is 9.34. The van der Waals surface area contributed by atoms with Crippen LogP contribution in [0, 0.1) is 19.3 Å². The lowest BCUT2D eigenvalue weighted by Gasteiger charge is -2.29. The van der Waals surface area contributed by atoms with E-state index in [0.717, 1.165) is 0 Å². The second kappa shape index (κ2) is 7.78. The molecule has 150 valence electrons. The Kier molecular flexibility index (Phi) is 5.55. The van der Waals surface area contributed by atoms with Crippen molar-refractivity contribution in [1.82, 2.24) is 0 Å². The Balaban J connectivity index is 2.01. The number of aliphatic hydroxyl groups excluding tert-OH is 1. The van der Waals surface area contributed by atoms with Gasteiger partial charge in [-0.2, -0.15) is 0 Å². The van der Waals surface area contributed by atoms with E-state index in [1.165, 1.54) is 24.0 Å². The predicted molar refractivity (Wildman–Crippen MR) is 113 cm³/mol. The van der Waals surface area contributed by atoms with Gasteiger partial charge >= 0.3 is 0 Å². The van der Waals surface area contributed by atoms with Crippen LogP contribution in [0.1, 0.15) is 19.4 Å². The van der Waals surface area contributed by atoms with Gasteiger partial charge in [0.25, 0.3) is 5.91 Å². The standard InChI is InChI=1S/C21H20FN3O3S/c1-13-16(23-4)9-10-17(18(13)22)24-19(27)21(2,3)25(20(24)29)14-5-7-15(8-6-14)28-12-11-26/h5-10,26H,11-12H2,1-3H3. The van der Waals surface area contributed by atoms with E-state index in [1.807, 2.05) is 0 Å². The molecule has 0 radical (unpaired) electrons. The molecule has 0 aliphatic carbocycles. The van der Waals surface area contributed by atoms with Crippen molar-refractivity contribution < 1.29 is 19.0 Å². The summed E-state index contributed by atoms with van der Waals surface area (Å²) in [4.78, 5) is 19.3. The predicted octanol–water partition coefficient (Wildman–Crippen LogP) is 3.97. The van der Waals surface area contributed by atoms with Gasteiger partial charge in [-0.3, -0.25) is 9.69 Å². The van der Waals surface area contributed by atoms with Crippen LogP contribution < -0.4 is 14.5 Å². The minimum atomic E-state index is -1.04. The number of nitrogens with zero attached hydrogens (tertiary/aromatic N) is 3. The number of carbonyl (C=O) groups excluding carboxylic acids is 1. The average molecular weight is 413 g/mol. The van der Waals surface area contributed by atoms with Gasteiger partial charge < -0.3 is 14.7 Å². The third-order valence-corrected chi connectivity index (χ3v) is 5.19. The Morgan fingerprint density at radius 3 is 2.48 bits per heavy atom. The third-order valence-electron chi connectivity index (χ3n) is 4.82.